The van der Waals surface area contributed by atoms with Crippen LogP contribution in [0.15, 0.2) is 23.6 Å². The Kier molecular flexibility index (Phi) is 6.76. The minimum Gasteiger partial charge on any atom is -0.351 e. The summed E-state index contributed by atoms with van der Waals surface area (Å²) in [5, 5.41) is 8.48. The van der Waals surface area contributed by atoms with Crippen LogP contribution in [0.2, 0.25) is 0 Å². The summed E-state index contributed by atoms with van der Waals surface area (Å²) in [4.78, 5) is 25.9. The van der Waals surface area contributed by atoms with E-state index in [9.17, 15) is 4.79 Å². The lowest BCUT2D eigenvalue weighted by Gasteiger charge is -2.35. The first-order chi connectivity index (χ1) is 11.6. The van der Waals surface area contributed by atoms with Crippen molar-refractivity contribution in [1.29, 1.82) is 0 Å². The normalized spacial score (nSPS) is 15.3. The topological polar surface area (TPSA) is 78.7 Å². The number of halogens is 1. The average Bonchev–Trinajstić information content (AvgIpc) is 3.16. The van der Waals surface area contributed by atoms with Crippen molar-refractivity contribution in [3.05, 3.63) is 28.5 Å². The van der Waals surface area contributed by atoms with Crippen molar-refractivity contribution in [1.82, 2.24) is 25.0 Å². The molecule has 2 aromatic heterocycles. The van der Waals surface area contributed by atoms with Crippen LogP contribution in [-0.2, 0) is 18.4 Å². The van der Waals surface area contributed by atoms with E-state index in [2.05, 4.69) is 20.4 Å². The highest BCUT2D eigenvalue weighted by Gasteiger charge is 2.27. The summed E-state index contributed by atoms with van der Waals surface area (Å²) in [6, 6.07) is 0. The molecule has 1 aliphatic heterocycles. The van der Waals surface area contributed by atoms with E-state index in [0.717, 1.165) is 28.1 Å². The number of aliphatic imine (C=N–C) groups is 1. The number of thiazole rings is 1. The fourth-order valence-electron chi connectivity index (χ4n) is 2.66. The number of piperazine rings is 1. The molecule has 8 nitrogen and oxygen atoms in total. The third-order valence-electron chi connectivity index (χ3n) is 3.82. The summed E-state index contributed by atoms with van der Waals surface area (Å²) in [5.74, 6) is 0.783. The molecule has 0 saturated carbocycles. The maximum atomic E-state index is 12.5. The number of carbonyl (C=O) groups is 1. The molecule has 0 radical (unpaired) electrons. The zero-order chi connectivity index (χ0) is 17.1. The number of aromatic nitrogens is 3. The highest BCUT2D eigenvalue weighted by molar-refractivity contribution is 14.0. The van der Waals surface area contributed by atoms with E-state index >= 15 is 0 Å². The number of anilines is 1. The van der Waals surface area contributed by atoms with Gasteiger partial charge in [-0.3, -0.25) is 14.5 Å². The number of rotatable bonds is 3. The van der Waals surface area contributed by atoms with Crippen LogP contribution >= 0.6 is 35.3 Å². The van der Waals surface area contributed by atoms with Crippen LogP contribution in [0.3, 0.4) is 0 Å². The van der Waals surface area contributed by atoms with E-state index in [1.54, 1.807) is 34.2 Å². The SMILES string of the molecule is CN=C(NCc1cnc(C)s1)N1CCN(c2cnn(C)c2)C(=O)C1.I. The monoisotopic (exact) mass is 475 g/mol. The Bertz CT molecular complexity index is 757. The van der Waals surface area contributed by atoms with Crippen LogP contribution in [0, 0.1) is 6.92 Å². The van der Waals surface area contributed by atoms with Gasteiger partial charge in [0.05, 0.1) is 23.4 Å². The summed E-state index contributed by atoms with van der Waals surface area (Å²) in [6.07, 6.45) is 5.44. The number of guanidine groups is 1. The Balaban J connectivity index is 0.00000225. The average molecular weight is 475 g/mol. The van der Waals surface area contributed by atoms with Crippen LogP contribution in [0.25, 0.3) is 0 Å². The maximum absolute atomic E-state index is 12.5. The summed E-state index contributed by atoms with van der Waals surface area (Å²) >= 11 is 1.66. The Morgan fingerprint density at radius 1 is 1.40 bits per heavy atom. The summed E-state index contributed by atoms with van der Waals surface area (Å²) in [7, 11) is 3.58. The van der Waals surface area contributed by atoms with Gasteiger partial charge in [-0.25, -0.2) is 4.98 Å². The van der Waals surface area contributed by atoms with Crippen molar-refractivity contribution >= 4 is 52.9 Å². The van der Waals surface area contributed by atoms with Crippen molar-refractivity contribution in [2.45, 2.75) is 13.5 Å². The second-order valence-electron chi connectivity index (χ2n) is 5.59. The van der Waals surface area contributed by atoms with Gasteiger partial charge in [0.1, 0.15) is 6.54 Å². The number of amides is 1. The molecule has 3 rings (SSSR count). The predicted octanol–water partition coefficient (Wildman–Crippen LogP) is 1.23. The summed E-state index contributed by atoms with van der Waals surface area (Å²) in [6.45, 7) is 4.29. The van der Waals surface area contributed by atoms with E-state index in [1.165, 1.54) is 0 Å². The third kappa shape index (κ3) is 4.69. The van der Waals surface area contributed by atoms with Crippen molar-refractivity contribution in [3.8, 4) is 0 Å². The van der Waals surface area contributed by atoms with Crippen molar-refractivity contribution in [3.63, 3.8) is 0 Å². The zero-order valence-corrected chi connectivity index (χ0v) is 17.6. The van der Waals surface area contributed by atoms with Gasteiger partial charge in [-0.1, -0.05) is 0 Å². The number of hydrogen-bond donors (Lipinski definition) is 1. The van der Waals surface area contributed by atoms with E-state index < -0.39 is 0 Å². The Morgan fingerprint density at radius 3 is 2.76 bits per heavy atom. The maximum Gasteiger partial charge on any atom is 0.246 e. The van der Waals surface area contributed by atoms with E-state index in [-0.39, 0.29) is 29.9 Å². The minimum atomic E-state index is 0. The number of aryl methyl sites for hydroxylation is 2. The summed E-state index contributed by atoms with van der Waals surface area (Å²) in [5.41, 5.74) is 0.838. The molecular formula is C15H22IN7OS. The van der Waals surface area contributed by atoms with Crippen LogP contribution in [-0.4, -0.2) is 58.2 Å². The van der Waals surface area contributed by atoms with Crippen molar-refractivity contribution in [2.75, 3.05) is 31.6 Å². The first kappa shape index (κ1) is 19.6. The molecule has 1 N–H and O–H groups in total. The highest BCUT2D eigenvalue weighted by atomic mass is 127. The molecule has 25 heavy (non-hydrogen) atoms. The molecule has 1 saturated heterocycles. The van der Waals surface area contributed by atoms with Gasteiger partial charge in [-0.2, -0.15) is 5.10 Å². The molecule has 1 aliphatic rings. The van der Waals surface area contributed by atoms with E-state index in [4.69, 9.17) is 0 Å². The lowest BCUT2D eigenvalue weighted by molar-refractivity contribution is -0.120. The van der Waals surface area contributed by atoms with Gasteiger partial charge >= 0.3 is 0 Å². The van der Waals surface area contributed by atoms with Crippen molar-refractivity contribution < 1.29 is 4.79 Å². The highest BCUT2D eigenvalue weighted by Crippen LogP contribution is 2.16. The molecule has 3 heterocycles. The van der Waals surface area contributed by atoms with Crippen LogP contribution < -0.4 is 10.2 Å². The van der Waals surface area contributed by atoms with Crippen molar-refractivity contribution in [2.24, 2.45) is 12.0 Å². The molecule has 0 unspecified atom stereocenters. The fraction of sp³-hybridized carbons (Fsp3) is 0.467. The lowest BCUT2D eigenvalue weighted by Crippen LogP contribution is -2.55. The quantitative estimate of drug-likeness (QED) is 0.411. The molecule has 0 atom stereocenters. The standard InChI is InChI=1S/C15H21N7OS.HI/c1-11-17-7-13(24-11)8-18-15(16-2)21-4-5-22(14(23)10-21)12-6-19-20(3)9-12;/h6-7,9H,4-5,8,10H2,1-3H3,(H,16,18);1H. The molecule has 136 valence electrons. The molecule has 1 amide bonds. The Hall–Kier alpha value is -1.69. The predicted molar refractivity (Wildman–Crippen MR) is 110 cm³/mol. The minimum absolute atomic E-state index is 0. The Morgan fingerprint density at radius 2 is 2.20 bits per heavy atom. The second kappa shape index (κ2) is 8.61. The van der Waals surface area contributed by atoms with Gasteiger partial charge in [-0.15, -0.1) is 35.3 Å². The van der Waals surface area contributed by atoms with E-state index in [1.807, 2.05) is 31.3 Å². The van der Waals surface area contributed by atoms with E-state index in [0.29, 0.717) is 19.6 Å². The van der Waals surface area contributed by atoms with Gasteiger partial charge in [0.25, 0.3) is 0 Å². The molecule has 0 spiro atoms. The number of nitrogens with zero attached hydrogens (tertiary/aromatic N) is 6. The third-order valence-corrected chi connectivity index (χ3v) is 4.74. The van der Waals surface area contributed by atoms with Gasteiger partial charge < -0.3 is 15.1 Å². The number of carbonyl (C=O) groups excluding carboxylic acids is 1. The molecule has 2 aromatic rings. The lowest BCUT2D eigenvalue weighted by atomic mass is 10.3. The largest absolute Gasteiger partial charge is 0.351 e. The molecule has 0 aliphatic carbocycles. The molecule has 10 heteroatoms. The molecule has 0 bridgehead atoms. The van der Waals surface area contributed by atoms with Crippen LogP contribution in [0.1, 0.15) is 9.88 Å². The fourth-order valence-corrected chi connectivity index (χ4v) is 3.39. The van der Waals surface area contributed by atoms with Gasteiger partial charge in [0.15, 0.2) is 5.96 Å². The zero-order valence-electron chi connectivity index (χ0n) is 14.5. The summed E-state index contributed by atoms with van der Waals surface area (Å²) < 4.78 is 1.70. The first-order valence-electron chi connectivity index (χ1n) is 7.72. The molecule has 0 aromatic carbocycles. The number of hydrogen-bond acceptors (Lipinski definition) is 5. The number of nitrogens with one attached hydrogen (secondary N) is 1. The van der Waals surface area contributed by atoms with Gasteiger partial charge in [0, 0.05) is 44.5 Å². The molecular weight excluding hydrogens is 453 g/mol. The Labute approximate surface area is 168 Å². The second-order valence-corrected chi connectivity index (χ2v) is 6.90. The van der Waals surface area contributed by atoms with Gasteiger partial charge in [-0.05, 0) is 6.92 Å². The first-order valence-corrected chi connectivity index (χ1v) is 8.54. The smallest absolute Gasteiger partial charge is 0.246 e. The van der Waals surface area contributed by atoms with Crippen LogP contribution in [0.5, 0.6) is 0 Å². The van der Waals surface area contributed by atoms with Crippen LogP contribution in [0.4, 0.5) is 5.69 Å². The molecule has 1 fully saturated rings. The van der Waals surface area contributed by atoms with Gasteiger partial charge in [0.2, 0.25) is 5.91 Å².